The summed E-state index contributed by atoms with van der Waals surface area (Å²) in [6.45, 7) is 3.67. The van der Waals surface area contributed by atoms with Gasteiger partial charge in [-0.3, -0.25) is 14.4 Å². The smallest absolute Gasteiger partial charge is 0.306 e. The summed E-state index contributed by atoms with van der Waals surface area (Å²) in [7, 11) is 0. The molecule has 146 valence electrons. The average molecular weight is 380 g/mol. The van der Waals surface area contributed by atoms with Gasteiger partial charge in [0.1, 0.15) is 6.04 Å². The number of hydrogen-bond acceptors (Lipinski definition) is 4. The molecule has 28 heavy (non-hydrogen) atoms. The quantitative estimate of drug-likeness (QED) is 0.721. The van der Waals surface area contributed by atoms with Gasteiger partial charge in [-0.15, -0.1) is 0 Å². The molecular weight excluding hydrogens is 356 g/mol. The highest BCUT2D eigenvalue weighted by molar-refractivity contribution is 5.98. The zero-order valence-electron chi connectivity index (χ0n) is 16.0. The van der Waals surface area contributed by atoms with Gasteiger partial charge in [0.2, 0.25) is 11.8 Å². The van der Waals surface area contributed by atoms with E-state index in [1.54, 1.807) is 13.8 Å². The number of esters is 1. The molecule has 0 fully saturated rings. The van der Waals surface area contributed by atoms with Crippen LogP contribution in [0.3, 0.4) is 0 Å². The van der Waals surface area contributed by atoms with Crippen LogP contribution in [0, 0.1) is 5.92 Å². The molecule has 0 saturated heterocycles. The second-order valence-corrected chi connectivity index (χ2v) is 6.98. The number of amides is 2. The van der Waals surface area contributed by atoms with Gasteiger partial charge in [0, 0.05) is 0 Å². The molecule has 0 saturated carbocycles. The van der Waals surface area contributed by atoms with Crippen molar-refractivity contribution in [2.45, 2.75) is 32.2 Å². The second kappa shape index (κ2) is 8.25. The van der Waals surface area contributed by atoms with Crippen molar-refractivity contribution in [2.24, 2.45) is 11.7 Å². The van der Waals surface area contributed by atoms with Crippen LogP contribution in [0.2, 0.25) is 0 Å². The highest BCUT2D eigenvalue weighted by Gasteiger charge is 2.36. The van der Waals surface area contributed by atoms with Crippen LogP contribution in [0.25, 0.3) is 11.1 Å². The molecule has 1 aliphatic rings. The Hall–Kier alpha value is -3.15. The molecule has 0 bridgehead atoms. The fourth-order valence-electron chi connectivity index (χ4n) is 3.77. The minimum atomic E-state index is -0.961. The number of carbonyl (C=O) groups excluding carboxylic acids is 3. The van der Waals surface area contributed by atoms with E-state index in [1.807, 2.05) is 48.5 Å². The molecule has 2 aromatic carbocycles. The Kier molecular flexibility index (Phi) is 5.78. The van der Waals surface area contributed by atoms with Crippen LogP contribution in [0.5, 0.6) is 0 Å². The molecule has 6 nitrogen and oxygen atoms in total. The van der Waals surface area contributed by atoms with Crippen molar-refractivity contribution in [1.29, 1.82) is 0 Å². The largest absolute Gasteiger partial charge is 0.466 e. The number of ether oxygens (including phenoxy) is 1. The first-order valence-corrected chi connectivity index (χ1v) is 9.37. The maximum absolute atomic E-state index is 13.2. The third kappa shape index (κ3) is 3.76. The maximum Gasteiger partial charge on any atom is 0.306 e. The maximum atomic E-state index is 13.2. The molecule has 3 rings (SSSR count). The van der Waals surface area contributed by atoms with Crippen molar-refractivity contribution in [3.05, 3.63) is 59.7 Å². The monoisotopic (exact) mass is 380 g/mol. The van der Waals surface area contributed by atoms with E-state index in [2.05, 4.69) is 5.32 Å². The van der Waals surface area contributed by atoms with E-state index in [4.69, 9.17) is 10.5 Å². The molecule has 1 aliphatic carbocycles. The molecular formula is C22H24N2O4. The SMILES string of the molecule is CCOC(=O)C[C@H](C)[C@@H](NC(=O)C1c2ccccc2-c2ccccc21)C(N)=O. The van der Waals surface area contributed by atoms with Crippen LogP contribution >= 0.6 is 0 Å². The van der Waals surface area contributed by atoms with Gasteiger partial charge in [0.05, 0.1) is 18.9 Å². The van der Waals surface area contributed by atoms with Crippen LogP contribution < -0.4 is 11.1 Å². The lowest BCUT2D eigenvalue weighted by molar-refractivity contribution is -0.144. The summed E-state index contributed by atoms with van der Waals surface area (Å²) in [5.74, 6) is -2.41. The Bertz CT molecular complexity index is 863. The van der Waals surface area contributed by atoms with E-state index in [-0.39, 0.29) is 18.9 Å². The second-order valence-electron chi connectivity index (χ2n) is 6.98. The fourth-order valence-corrected chi connectivity index (χ4v) is 3.77. The first-order chi connectivity index (χ1) is 13.4. The van der Waals surface area contributed by atoms with Gasteiger partial charge in [-0.1, -0.05) is 55.5 Å². The first-order valence-electron chi connectivity index (χ1n) is 9.37. The van der Waals surface area contributed by atoms with Crippen molar-refractivity contribution in [1.82, 2.24) is 5.32 Å². The molecule has 2 atom stereocenters. The van der Waals surface area contributed by atoms with E-state index in [0.717, 1.165) is 22.3 Å². The molecule has 0 aliphatic heterocycles. The minimum Gasteiger partial charge on any atom is -0.466 e. The molecule has 0 unspecified atom stereocenters. The number of rotatable bonds is 7. The molecule has 2 amide bonds. The summed E-state index contributed by atoms with van der Waals surface area (Å²) < 4.78 is 4.94. The first kappa shape index (κ1) is 19.6. The third-order valence-electron chi connectivity index (χ3n) is 5.06. The predicted molar refractivity (Wildman–Crippen MR) is 105 cm³/mol. The number of fused-ring (bicyclic) bond motifs is 3. The summed E-state index contributed by atoms with van der Waals surface area (Å²) in [5, 5.41) is 2.77. The molecule has 6 heteroatoms. The van der Waals surface area contributed by atoms with Gasteiger partial charge in [-0.2, -0.15) is 0 Å². The van der Waals surface area contributed by atoms with Crippen molar-refractivity contribution >= 4 is 17.8 Å². The number of benzene rings is 2. The van der Waals surface area contributed by atoms with E-state index in [0.29, 0.717) is 0 Å². The molecule has 0 aromatic heterocycles. The van der Waals surface area contributed by atoms with Crippen LogP contribution in [0.15, 0.2) is 48.5 Å². The molecule has 3 N–H and O–H groups in total. The number of carbonyl (C=O) groups is 3. The normalized spacial score (nSPS) is 14.5. The standard InChI is InChI=1S/C22H24N2O4/c1-3-28-18(25)12-13(2)20(21(23)26)24-22(27)19-16-10-6-4-8-14(16)15-9-5-7-11-17(15)19/h4-11,13,19-20H,3,12H2,1-2H3,(H2,23,26)(H,24,27)/t13-,20+/m0/s1. The van der Waals surface area contributed by atoms with E-state index in [9.17, 15) is 14.4 Å². The van der Waals surface area contributed by atoms with Crippen LogP contribution in [0.4, 0.5) is 0 Å². The predicted octanol–water partition coefficient (Wildman–Crippen LogP) is 2.36. The summed E-state index contributed by atoms with van der Waals surface area (Å²) in [5.41, 5.74) is 9.32. The fraction of sp³-hybridized carbons (Fsp3) is 0.318. The van der Waals surface area contributed by atoms with Gasteiger partial charge in [0.15, 0.2) is 0 Å². The highest BCUT2D eigenvalue weighted by atomic mass is 16.5. The van der Waals surface area contributed by atoms with Crippen molar-refractivity contribution in [2.75, 3.05) is 6.61 Å². The Morgan fingerprint density at radius 2 is 1.57 bits per heavy atom. The van der Waals surface area contributed by atoms with Crippen LogP contribution in [-0.2, 0) is 19.1 Å². The zero-order chi connectivity index (χ0) is 20.3. The summed E-state index contributed by atoms with van der Waals surface area (Å²) >= 11 is 0. The Labute approximate surface area is 164 Å². The van der Waals surface area contributed by atoms with Crippen LogP contribution in [0.1, 0.15) is 37.3 Å². The van der Waals surface area contributed by atoms with Gasteiger partial charge >= 0.3 is 5.97 Å². The van der Waals surface area contributed by atoms with Crippen molar-refractivity contribution in [3.8, 4) is 11.1 Å². The van der Waals surface area contributed by atoms with Gasteiger partial charge in [-0.05, 0) is 35.1 Å². The van der Waals surface area contributed by atoms with Gasteiger partial charge in [0.25, 0.3) is 0 Å². The lowest BCUT2D eigenvalue weighted by Crippen LogP contribution is -2.50. The highest BCUT2D eigenvalue weighted by Crippen LogP contribution is 2.44. The van der Waals surface area contributed by atoms with E-state index < -0.39 is 29.8 Å². The van der Waals surface area contributed by atoms with E-state index in [1.165, 1.54) is 0 Å². The van der Waals surface area contributed by atoms with Crippen molar-refractivity contribution in [3.63, 3.8) is 0 Å². The minimum absolute atomic E-state index is 0.000429. The summed E-state index contributed by atoms with van der Waals surface area (Å²) in [6.07, 6.45) is -0.000429. The number of primary amides is 1. The number of hydrogen-bond donors (Lipinski definition) is 2. The van der Waals surface area contributed by atoms with Crippen molar-refractivity contribution < 1.29 is 19.1 Å². The molecule has 0 heterocycles. The van der Waals surface area contributed by atoms with Gasteiger partial charge in [-0.25, -0.2) is 0 Å². The summed E-state index contributed by atoms with van der Waals surface area (Å²) in [4.78, 5) is 36.9. The van der Waals surface area contributed by atoms with Gasteiger partial charge < -0.3 is 15.8 Å². The molecule has 0 radical (unpaired) electrons. The Morgan fingerprint density at radius 1 is 1.04 bits per heavy atom. The molecule has 2 aromatic rings. The zero-order valence-corrected chi connectivity index (χ0v) is 16.0. The topological polar surface area (TPSA) is 98.5 Å². The number of nitrogens with two attached hydrogens (primary N) is 1. The number of nitrogens with one attached hydrogen (secondary N) is 1. The lowest BCUT2D eigenvalue weighted by Gasteiger charge is -2.24. The lowest BCUT2D eigenvalue weighted by atomic mass is 9.93. The van der Waals surface area contributed by atoms with Crippen LogP contribution in [-0.4, -0.2) is 30.4 Å². The van der Waals surface area contributed by atoms with E-state index >= 15 is 0 Å². The summed E-state index contributed by atoms with van der Waals surface area (Å²) in [6, 6.07) is 14.5. The third-order valence-corrected chi connectivity index (χ3v) is 5.06. The molecule has 0 spiro atoms. The Balaban J connectivity index is 1.85. The Morgan fingerprint density at radius 3 is 2.07 bits per heavy atom. The average Bonchev–Trinajstić information content (AvgIpc) is 3.00.